The van der Waals surface area contributed by atoms with E-state index in [4.69, 9.17) is 0 Å². The number of aliphatic hydroxyl groups is 1. The van der Waals surface area contributed by atoms with Crippen LogP contribution in [0.15, 0.2) is 83.5 Å². The third-order valence-electron chi connectivity index (χ3n) is 8.52. The third kappa shape index (κ3) is 4.45. The molecule has 43 heavy (non-hydrogen) atoms. The molecule has 0 saturated carbocycles. The lowest BCUT2D eigenvalue weighted by atomic mass is 9.81. The van der Waals surface area contributed by atoms with Crippen LogP contribution in [0.2, 0.25) is 0 Å². The van der Waals surface area contributed by atoms with E-state index in [0.29, 0.717) is 29.9 Å². The number of nitrogens with zero attached hydrogens (tertiary/aromatic N) is 4. The van der Waals surface area contributed by atoms with E-state index in [1.165, 1.54) is 38.4 Å². The van der Waals surface area contributed by atoms with Gasteiger partial charge in [0, 0.05) is 49.7 Å². The van der Waals surface area contributed by atoms with Crippen LogP contribution >= 0.6 is 0 Å². The molecule has 3 aliphatic heterocycles. The highest BCUT2D eigenvalue weighted by Gasteiger charge is 2.67. The van der Waals surface area contributed by atoms with Crippen LogP contribution in [-0.2, 0) is 36.5 Å². The summed E-state index contributed by atoms with van der Waals surface area (Å²) in [6, 6.07) is 16.0. The van der Waals surface area contributed by atoms with E-state index in [-0.39, 0.29) is 29.1 Å². The van der Waals surface area contributed by atoms with E-state index in [2.05, 4.69) is 4.98 Å². The number of sulfonamides is 1. The van der Waals surface area contributed by atoms with Gasteiger partial charge in [0.05, 0.1) is 16.2 Å². The Bertz CT molecular complexity index is 1730. The van der Waals surface area contributed by atoms with Gasteiger partial charge in [-0.05, 0) is 61.7 Å². The lowest BCUT2D eigenvalue weighted by Crippen LogP contribution is -2.51. The fourth-order valence-corrected chi connectivity index (χ4v) is 7.95. The van der Waals surface area contributed by atoms with Gasteiger partial charge in [-0.2, -0.15) is 4.31 Å². The number of aliphatic hydroxyl groups excluding tert-OH is 1. The standard InChI is InChI=1S/C32H32N4O6S/c1-2-35-26-12-6-5-11-25(26)32(31(35)40)27(29(38)30(39)36(32)21-22-10-9-17-33-20-22)28(37)23-13-15-24(16-14-23)43(41,42)34-18-7-3-4-8-19-34/h5-6,9-17,20,37H,2-4,7-8,18-19,21H2,1H3/b28-27+. The number of hydrogen-bond donors (Lipinski definition) is 1. The number of rotatable bonds is 6. The molecule has 222 valence electrons. The first-order valence-corrected chi connectivity index (χ1v) is 15.9. The number of likely N-dealkylation sites (N-methyl/N-ethyl adjacent to an activating group) is 1. The highest BCUT2D eigenvalue weighted by Crippen LogP contribution is 2.54. The minimum Gasteiger partial charge on any atom is -0.507 e. The third-order valence-corrected chi connectivity index (χ3v) is 10.4. The summed E-state index contributed by atoms with van der Waals surface area (Å²) in [5, 5.41) is 11.7. The predicted molar refractivity (Wildman–Crippen MR) is 159 cm³/mol. The maximum absolute atomic E-state index is 14.4. The van der Waals surface area contributed by atoms with Gasteiger partial charge in [0.1, 0.15) is 5.76 Å². The second-order valence-electron chi connectivity index (χ2n) is 10.9. The molecule has 2 saturated heterocycles. The molecular formula is C32H32N4O6S. The Morgan fingerprint density at radius 2 is 1.63 bits per heavy atom. The van der Waals surface area contributed by atoms with Crippen molar-refractivity contribution in [3.63, 3.8) is 0 Å². The molecule has 11 heteroatoms. The van der Waals surface area contributed by atoms with E-state index in [9.17, 15) is 27.9 Å². The van der Waals surface area contributed by atoms with Gasteiger partial charge in [-0.3, -0.25) is 19.4 Å². The molecule has 3 aromatic rings. The van der Waals surface area contributed by atoms with Crippen molar-refractivity contribution in [2.24, 2.45) is 0 Å². The Kier molecular flexibility index (Phi) is 7.39. The zero-order valence-electron chi connectivity index (χ0n) is 23.8. The second-order valence-corrected chi connectivity index (χ2v) is 12.9. The molecule has 2 fully saturated rings. The number of carbonyl (C=O) groups is 3. The van der Waals surface area contributed by atoms with Crippen LogP contribution < -0.4 is 4.90 Å². The normalized spacial score (nSPS) is 22.3. The largest absolute Gasteiger partial charge is 0.507 e. The van der Waals surface area contributed by atoms with Crippen LogP contribution in [0.3, 0.4) is 0 Å². The zero-order valence-corrected chi connectivity index (χ0v) is 24.6. The first-order valence-electron chi connectivity index (χ1n) is 14.4. The monoisotopic (exact) mass is 600 g/mol. The van der Waals surface area contributed by atoms with Gasteiger partial charge in [0.2, 0.25) is 10.0 Å². The highest BCUT2D eigenvalue weighted by atomic mass is 32.2. The average molecular weight is 601 g/mol. The van der Waals surface area contributed by atoms with Crippen molar-refractivity contribution in [2.45, 2.75) is 49.6 Å². The number of anilines is 1. The van der Waals surface area contributed by atoms with E-state index < -0.39 is 38.9 Å². The van der Waals surface area contributed by atoms with Gasteiger partial charge in [0.15, 0.2) is 5.54 Å². The number of aromatic nitrogens is 1. The molecule has 1 atom stereocenters. The minimum atomic E-state index is -3.75. The van der Waals surface area contributed by atoms with Gasteiger partial charge >= 0.3 is 0 Å². The molecular weight excluding hydrogens is 568 g/mol. The van der Waals surface area contributed by atoms with Gasteiger partial charge < -0.3 is 14.9 Å². The van der Waals surface area contributed by atoms with Gasteiger partial charge in [-0.15, -0.1) is 0 Å². The molecule has 0 aliphatic carbocycles. The summed E-state index contributed by atoms with van der Waals surface area (Å²) in [5.41, 5.74) is -0.596. The number of fused-ring (bicyclic) bond motifs is 2. The van der Waals surface area contributed by atoms with Crippen molar-refractivity contribution in [1.29, 1.82) is 0 Å². The average Bonchev–Trinajstić information content (AvgIpc) is 3.23. The Morgan fingerprint density at radius 1 is 0.930 bits per heavy atom. The van der Waals surface area contributed by atoms with Crippen LogP contribution in [0, 0.1) is 0 Å². The van der Waals surface area contributed by atoms with Crippen LogP contribution in [0.5, 0.6) is 0 Å². The molecule has 2 aromatic carbocycles. The molecule has 1 aromatic heterocycles. The Labute approximate surface area is 250 Å². The SMILES string of the molecule is CCN1C(=O)C2(/C(=C(/O)c3ccc(S(=O)(=O)N4CCCCCC4)cc3)C(=O)C(=O)N2Cc2cccnc2)c2ccccc21. The van der Waals surface area contributed by atoms with Gasteiger partial charge in [0.25, 0.3) is 17.6 Å². The molecule has 3 aliphatic rings. The van der Waals surface area contributed by atoms with E-state index in [1.807, 2.05) is 0 Å². The Morgan fingerprint density at radius 3 is 2.28 bits per heavy atom. The lowest BCUT2D eigenvalue weighted by molar-refractivity contribution is -0.144. The number of amides is 2. The topological polar surface area (TPSA) is 128 Å². The maximum atomic E-state index is 14.4. The summed E-state index contributed by atoms with van der Waals surface area (Å²) in [5.74, 6) is -3.00. The van der Waals surface area contributed by atoms with Crippen LogP contribution in [0.1, 0.15) is 49.3 Å². The van der Waals surface area contributed by atoms with E-state index in [1.54, 1.807) is 55.7 Å². The molecule has 1 N–H and O–H groups in total. The highest BCUT2D eigenvalue weighted by molar-refractivity contribution is 7.89. The summed E-state index contributed by atoms with van der Waals surface area (Å²) < 4.78 is 28.1. The van der Waals surface area contributed by atoms with Crippen LogP contribution in [0.4, 0.5) is 5.69 Å². The van der Waals surface area contributed by atoms with Crippen LogP contribution in [-0.4, -0.2) is 64.9 Å². The number of ketones is 1. The van der Waals surface area contributed by atoms with Gasteiger partial charge in [-0.1, -0.05) is 37.1 Å². The van der Waals surface area contributed by atoms with E-state index >= 15 is 0 Å². The molecule has 0 radical (unpaired) electrons. The number of carbonyl (C=O) groups excluding carboxylic acids is 3. The van der Waals surface area contributed by atoms with Crippen molar-refractivity contribution < 1.29 is 27.9 Å². The van der Waals surface area contributed by atoms with Crippen molar-refractivity contribution in [1.82, 2.24) is 14.2 Å². The smallest absolute Gasteiger partial charge is 0.296 e. The quantitative estimate of drug-likeness (QED) is 0.259. The maximum Gasteiger partial charge on any atom is 0.296 e. The van der Waals surface area contributed by atoms with Crippen molar-refractivity contribution in [2.75, 3.05) is 24.5 Å². The lowest BCUT2D eigenvalue weighted by Gasteiger charge is -2.34. The number of pyridine rings is 1. The molecule has 1 spiro atoms. The summed E-state index contributed by atoms with van der Waals surface area (Å²) in [6.07, 6.45) is 6.69. The molecule has 2 amide bonds. The first-order chi connectivity index (χ1) is 20.7. The number of benzene rings is 2. The Balaban J connectivity index is 1.50. The number of Topliss-reactive ketones (excluding diaryl/α,β-unsaturated/α-hetero) is 1. The second kappa shape index (κ2) is 11.1. The Hall–Kier alpha value is -4.35. The van der Waals surface area contributed by atoms with Crippen molar-refractivity contribution in [3.05, 3.63) is 95.3 Å². The van der Waals surface area contributed by atoms with E-state index in [0.717, 1.165) is 25.7 Å². The molecule has 6 rings (SSSR count). The summed E-state index contributed by atoms with van der Waals surface area (Å²) >= 11 is 0. The number of likely N-dealkylation sites (tertiary alicyclic amines) is 1. The molecule has 4 heterocycles. The molecule has 1 unspecified atom stereocenters. The predicted octanol–water partition coefficient (Wildman–Crippen LogP) is 3.79. The van der Waals surface area contributed by atoms with Crippen molar-refractivity contribution in [3.8, 4) is 0 Å². The zero-order chi connectivity index (χ0) is 30.4. The number of hydrogen-bond acceptors (Lipinski definition) is 7. The summed E-state index contributed by atoms with van der Waals surface area (Å²) in [7, 11) is -3.75. The van der Waals surface area contributed by atoms with Gasteiger partial charge in [-0.25, -0.2) is 8.42 Å². The van der Waals surface area contributed by atoms with Crippen molar-refractivity contribution >= 4 is 39.1 Å². The molecule has 0 bridgehead atoms. The summed E-state index contributed by atoms with van der Waals surface area (Å²) in [4.78, 5) is 48.8. The fraction of sp³-hybridized carbons (Fsp3) is 0.312. The summed E-state index contributed by atoms with van der Waals surface area (Å²) in [6.45, 7) is 2.86. The fourth-order valence-electron chi connectivity index (χ4n) is 6.44. The van der Waals surface area contributed by atoms with Crippen LogP contribution in [0.25, 0.3) is 5.76 Å². The molecule has 10 nitrogen and oxygen atoms in total. The minimum absolute atomic E-state index is 0.0668. The first kappa shape index (κ1) is 28.8. The number of para-hydroxylation sites is 1.